The first-order valence-electron chi connectivity index (χ1n) is 12.2. The maximum Gasteiger partial charge on any atom is 0.225 e. The quantitative estimate of drug-likeness (QED) is 0.422. The summed E-state index contributed by atoms with van der Waals surface area (Å²) in [6, 6.07) is 3.96. The van der Waals surface area contributed by atoms with Gasteiger partial charge in [0.25, 0.3) is 0 Å². The van der Waals surface area contributed by atoms with E-state index in [4.69, 9.17) is 26.1 Å². The molecule has 0 bridgehead atoms. The first kappa shape index (κ1) is 26.0. The number of halogens is 3. The zero-order chi connectivity index (χ0) is 26.8. The van der Waals surface area contributed by atoms with Crippen LogP contribution < -0.4 is 9.80 Å². The van der Waals surface area contributed by atoms with Gasteiger partial charge in [0.1, 0.15) is 29.9 Å². The van der Waals surface area contributed by atoms with Gasteiger partial charge in [-0.2, -0.15) is 0 Å². The first-order valence-corrected chi connectivity index (χ1v) is 12.6. The molecule has 2 atom stereocenters. The fourth-order valence-electron chi connectivity index (χ4n) is 4.58. The first-order chi connectivity index (χ1) is 18.3. The van der Waals surface area contributed by atoms with Crippen LogP contribution in [0, 0.1) is 18.6 Å². The van der Waals surface area contributed by atoms with Crippen LogP contribution in [0.3, 0.4) is 0 Å². The zero-order valence-electron chi connectivity index (χ0n) is 21.2. The fraction of sp³-hybridized carbons (Fsp3) is 0.333. The predicted octanol–water partition coefficient (Wildman–Crippen LogP) is 5.21. The number of allylic oxidation sites excluding steroid dienone is 2. The van der Waals surface area contributed by atoms with Crippen LogP contribution in [0.2, 0.25) is 0 Å². The maximum atomic E-state index is 14.2. The third kappa shape index (κ3) is 5.32. The van der Waals surface area contributed by atoms with Crippen molar-refractivity contribution in [1.29, 1.82) is 0 Å². The molecule has 0 aliphatic carbocycles. The van der Waals surface area contributed by atoms with Gasteiger partial charge in [-0.05, 0) is 38.5 Å². The molecule has 198 valence electrons. The minimum absolute atomic E-state index is 0.0239. The van der Waals surface area contributed by atoms with Crippen molar-refractivity contribution in [3.63, 3.8) is 0 Å². The van der Waals surface area contributed by atoms with E-state index in [0.717, 1.165) is 29.2 Å². The molecule has 3 aromatic rings. The SMILES string of the molecule is CC1=CC(OCc2ncc(F)cc2F)=C(Cl)[C@@H](c2ccnc(N3CCOC(C)C3)n2)N1c1ccncc1C. The highest BCUT2D eigenvalue weighted by molar-refractivity contribution is 6.31. The van der Waals surface area contributed by atoms with Crippen LogP contribution in [-0.2, 0) is 16.1 Å². The molecular weight excluding hydrogens is 514 g/mol. The van der Waals surface area contributed by atoms with Crippen molar-refractivity contribution < 1.29 is 18.3 Å². The Bertz CT molecular complexity index is 1400. The molecule has 0 N–H and O–H groups in total. The summed E-state index contributed by atoms with van der Waals surface area (Å²) >= 11 is 7.02. The number of nitrogens with zero attached hydrogens (tertiary/aromatic N) is 6. The maximum absolute atomic E-state index is 14.2. The molecule has 11 heteroatoms. The monoisotopic (exact) mass is 540 g/mol. The highest BCUT2D eigenvalue weighted by Gasteiger charge is 2.34. The van der Waals surface area contributed by atoms with Crippen molar-refractivity contribution >= 4 is 23.2 Å². The van der Waals surface area contributed by atoms with Crippen LogP contribution in [0.4, 0.5) is 20.4 Å². The number of morpholine rings is 1. The third-order valence-corrected chi connectivity index (χ3v) is 6.81. The van der Waals surface area contributed by atoms with E-state index in [9.17, 15) is 8.78 Å². The summed E-state index contributed by atoms with van der Waals surface area (Å²) in [6.45, 7) is 7.65. The van der Waals surface area contributed by atoms with Crippen molar-refractivity contribution in [2.24, 2.45) is 0 Å². The molecular formula is C27H27ClF2N6O2. The second-order valence-corrected chi connectivity index (χ2v) is 9.62. The van der Waals surface area contributed by atoms with Gasteiger partial charge in [-0.25, -0.2) is 18.7 Å². The lowest BCUT2D eigenvalue weighted by Crippen LogP contribution is -2.42. The average Bonchev–Trinajstić information content (AvgIpc) is 2.90. The van der Waals surface area contributed by atoms with Crippen molar-refractivity contribution in [2.45, 2.75) is 39.5 Å². The van der Waals surface area contributed by atoms with Gasteiger partial charge in [-0.15, -0.1) is 0 Å². The number of aryl methyl sites for hydroxylation is 1. The van der Waals surface area contributed by atoms with E-state index < -0.39 is 17.7 Å². The Morgan fingerprint density at radius 2 is 2.00 bits per heavy atom. The van der Waals surface area contributed by atoms with E-state index in [0.29, 0.717) is 42.1 Å². The van der Waals surface area contributed by atoms with E-state index >= 15 is 0 Å². The molecule has 0 radical (unpaired) electrons. The molecule has 5 rings (SSSR count). The molecule has 38 heavy (non-hydrogen) atoms. The lowest BCUT2D eigenvalue weighted by atomic mass is 10.0. The van der Waals surface area contributed by atoms with Crippen LogP contribution in [0.25, 0.3) is 0 Å². The molecule has 5 heterocycles. The molecule has 1 unspecified atom stereocenters. The number of rotatable bonds is 6. The summed E-state index contributed by atoms with van der Waals surface area (Å²) in [5.41, 5.74) is 3.32. The van der Waals surface area contributed by atoms with E-state index in [-0.39, 0.29) is 18.4 Å². The van der Waals surface area contributed by atoms with Crippen LogP contribution >= 0.6 is 11.6 Å². The van der Waals surface area contributed by atoms with Gasteiger partial charge in [0, 0.05) is 55.2 Å². The van der Waals surface area contributed by atoms with Crippen molar-refractivity contribution in [2.75, 3.05) is 29.5 Å². The Hall–Kier alpha value is -3.63. The molecule has 1 saturated heterocycles. The second kappa shape index (κ2) is 11.0. The Morgan fingerprint density at radius 1 is 1.16 bits per heavy atom. The molecule has 0 aromatic carbocycles. The number of hydrogen-bond donors (Lipinski definition) is 0. The Morgan fingerprint density at radius 3 is 2.76 bits per heavy atom. The number of ether oxygens (including phenoxy) is 2. The second-order valence-electron chi connectivity index (χ2n) is 9.21. The third-order valence-electron chi connectivity index (χ3n) is 6.42. The summed E-state index contributed by atoms with van der Waals surface area (Å²) in [4.78, 5) is 21.6. The van der Waals surface area contributed by atoms with E-state index in [1.165, 1.54) is 0 Å². The molecule has 0 spiro atoms. The van der Waals surface area contributed by atoms with Gasteiger partial charge >= 0.3 is 0 Å². The summed E-state index contributed by atoms with van der Waals surface area (Å²) in [5.74, 6) is -0.609. The Labute approximate surface area is 224 Å². The summed E-state index contributed by atoms with van der Waals surface area (Å²) in [5, 5.41) is 0.356. The average molecular weight is 541 g/mol. The van der Waals surface area contributed by atoms with Gasteiger partial charge < -0.3 is 19.3 Å². The van der Waals surface area contributed by atoms with E-state index in [2.05, 4.69) is 24.8 Å². The smallest absolute Gasteiger partial charge is 0.225 e. The van der Waals surface area contributed by atoms with Gasteiger partial charge in [0.15, 0.2) is 5.82 Å². The largest absolute Gasteiger partial charge is 0.486 e. The highest BCUT2D eigenvalue weighted by Crippen LogP contribution is 2.43. The minimum atomic E-state index is -0.788. The summed E-state index contributed by atoms with van der Waals surface area (Å²) < 4.78 is 39.1. The number of anilines is 2. The molecule has 8 nitrogen and oxygen atoms in total. The van der Waals surface area contributed by atoms with Crippen LogP contribution in [0.1, 0.15) is 36.8 Å². The minimum Gasteiger partial charge on any atom is -0.486 e. The number of pyridine rings is 2. The van der Waals surface area contributed by atoms with Crippen LogP contribution in [-0.4, -0.2) is 45.7 Å². The summed E-state index contributed by atoms with van der Waals surface area (Å²) in [6.07, 6.45) is 8.02. The molecule has 0 amide bonds. The molecule has 1 fully saturated rings. The van der Waals surface area contributed by atoms with E-state index in [1.807, 2.05) is 32.9 Å². The zero-order valence-corrected chi connectivity index (χ0v) is 22.0. The molecule has 0 saturated carbocycles. The van der Waals surface area contributed by atoms with Gasteiger partial charge in [0.05, 0.1) is 29.6 Å². The van der Waals surface area contributed by atoms with Gasteiger partial charge in [0.2, 0.25) is 5.95 Å². The van der Waals surface area contributed by atoms with Crippen LogP contribution in [0.5, 0.6) is 0 Å². The summed E-state index contributed by atoms with van der Waals surface area (Å²) in [7, 11) is 0. The van der Waals surface area contributed by atoms with Gasteiger partial charge in [-0.1, -0.05) is 11.6 Å². The Kier molecular flexibility index (Phi) is 7.53. The topological polar surface area (TPSA) is 76.5 Å². The number of aromatic nitrogens is 4. The van der Waals surface area contributed by atoms with Crippen LogP contribution in [0.15, 0.2) is 65.6 Å². The lowest BCUT2D eigenvalue weighted by Gasteiger charge is -2.38. The lowest BCUT2D eigenvalue weighted by molar-refractivity contribution is 0.0526. The number of hydrogen-bond acceptors (Lipinski definition) is 8. The highest BCUT2D eigenvalue weighted by atomic mass is 35.5. The molecule has 2 aliphatic heterocycles. The van der Waals surface area contributed by atoms with Crippen molar-refractivity contribution in [1.82, 2.24) is 19.9 Å². The van der Waals surface area contributed by atoms with Crippen molar-refractivity contribution in [3.8, 4) is 0 Å². The normalized spacial score (nSPS) is 20.0. The standard InChI is InChI=1S/C27H27ClF2N6O2/c1-16-12-31-6-5-23(16)36-17(2)10-24(38-15-22-20(30)11-19(29)13-33-22)25(28)26(36)21-4-7-32-27(34-21)35-8-9-37-18(3)14-35/h4-7,10-13,18,26H,8-9,14-15H2,1-3H3/t18?,26-/m1/s1. The fourth-order valence-corrected chi connectivity index (χ4v) is 4.90. The van der Waals surface area contributed by atoms with Gasteiger partial charge in [-0.3, -0.25) is 9.97 Å². The predicted molar refractivity (Wildman–Crippen MR) is 139 cm³/mol. The van der Waals surface area contributed by atoms with Crippen molar-refractivity contribution in [3.05, 3.63) is 94.1 Å². The molecule has 2 aliphatic rings. The molecule has 3 aromatic heterocycles. The Balaban J connectivity index is 1.54. The van der Waals surface area contributed by atoms with E-state index in [1.54, 1.807) is 24.7 Å².